The summed E-state index contributed by atoms with van der Waals surface area (Å²) in [5.74, 6) is 2.68. The van der Waals surface area contributed by atoms with Crippen LogP contribution < -0.4 is 9.47 Å². The number of ether oxygens (including phenoxy) is 2. The van der Waals surface area contributed by atoms with E-state index in [1.807, 2.05) is 42.2 Å². The molecule has 0 saturated carbocycles. The number of carbonyl (C=O) groups is 1. The first kappa shape index (κ1) is 18.1. The molecule has 0 aliphatic carbocycles. The monoisotopic (exact) mass is 414 g/mol. The smallest absolute Gasteiger partial charge is 0.259 e. The summed E-state index contributed by atoms with van der Waals surface area (Å²) in [5.41, 5.74) is 4.80. The minimum Gasteiger partial charge on any atom is -0.493 e. The molecule has 6 rings (SSSR count). The number of aryl methyl sites for hydroxylation is 1. The maximum absolute atomic E-state index is 13.6. The van der Waals surface area contributed by atoms with Crippen LogP contribution in [0.5, 0.6) is 11.5 Å². The van der Waals surface area contributed by atoms with Crippen molar-refractivity contribution in [2.45, 2.75) is 18.9 Å². The number of aromatic nitrogens is 1. The highest BCUT2D eigenvalue weighted by molar-refractivity contribution is 6.04. The van der Waals surface area contributed by atoms with Crippen molar-refractivity contribution in [2.24, 2.45) is 0 Å². The SMILES string of the molecule is COc1ccc2c(c1OC)C(=O)N1C[C@@H](c3ccc(C)o3)c3c([nH]c4ccccc34)[C@H]21. The van der Waals surface area contributed by atoms with Gasteiger partial charge in [-0.1, -0.05) is 24.3 Å². The summed E-state index contributed by atoms with van der Waals surface area (Å²) in [7, 11) is 3.16. The van der Waals surface area contributed by atoms with Crippen molar-refractivity contribution < 1.29 is 18.7 Å². The molecule has 2 aliphatic rings. The van der Waals surface area contributed by atoms with Crippen molar-refractivity contribution in [2.75, 3.05) is 20.8 Å². The van der Waals surface area contributed by atoms with Gasteiger partial charge in [-0.15, -0.1) is 0 Å². The zero-order valence-electron chi connectivity index (χ0n) is 17.6. The van der Waals surface area contributed by atoms with Crippen molar-refractivity contribution in [3.63, 3.8) is 0 Å². The number of rotatable bonds is 3. The molecule has 0 fully saturated rings. The van der Waals surface area contributed by atoms with Crippen LogP contribution in [0, 0.1) is 6.92 Å². The van der Waals surface area contributed by atoms with Crippen LogP contribution in [0.15, 0.2) is 52.9 Å². The van der Waals surface area contributed by atoms with E-state index in [4.69, 9.17) is 13.9 Å². The molecule has 0 saturated heterocycles. The molecule has 2 atom stereocenters. The Morgan fingerprint density at radius 1 is 1.06 bits per heavy atom. The van der Waals surface area contributed by atoms with E-state index < -0.39 is 0 Å². The molecule has 0 bridgehead atoms. The Kier molecular flexibility index (Phi) is 3.75. The lowest BCUT2D eigenvalue weighted by Crippen LogP contribution is -2.37. The van der Waals surface area contributed by atoms with E-state index in [2.05, 4.69) is 23.2 Å². The van der Waals surface area contributed by atoms with Crippen molar-refractivity contribution >= 4 is 16.8 Å². The fourth-order valence-electron chi connectivity index (χ4n) is 5.26. The van der Waals surface area contributed by atoms with Crippen LogP contribution in [0.2, 0.25) is 0 Å². The van der Waals surface area contributed by atoms with Crippen LogP contribution in [0.1, 0.15) is 50.7 Å². The number of fused-ring (bicyclic) bond motifs is 7. The zero-order valence-corrected chi connectivity index (χ0v) is 17.6. The molecule has 0 spiro atoms. The van der Waals surface area contributed by atoms with Crippen LogP contribution in [0.3, 0.4) is 0 Å². The minimum atomic E-state index is -0.197. The average molecular weight is 414 g/mol. The van der Waals surface area contributed by atoms with Crippen LogP contribution in [0.25, 0.3) is 10.9 Å². The quantitative estimate of drug-likeness (QED) is 0.524. The highest BCUT2D eigenvalue weighted by atomic mass is 16.5. The molecule has 4 heterocycles. The molecule has 31 heavy (non-hydrogen) atoms. The first-order valence-corrected chi connectivity index (χ1v) is 10.3. The summed E-state index contributed by atoms with van der Waals surface area (Å²) in [5, 5.41) is 1.16. The van der Waals surface area contributed by atoms with Crippen LogP contribution >= 0.6 is 0 Å². The van der Waals surface area contributed by atoms with Gasteiger partial charge in [-0.05, 0) is 42.3 Å². The van der Waals surface area contributed by atoms with Gasteiger partial charge >= 0.3 is 0 Å². The highest BCUT2D eigenvalue weighted by Crippen LogP contribution is 2.52. The van der Waals surface area contributed by atoms with Crippen LogP contribution in [0.4, 0.5) is 0 Å². The molecular formula is C25H22N2O4. The number of benzene rings is 2. The molecule has 2 aromatic carbocycles. The summed E-state index contributed by atoms with van der Waals surface area (Å²) >= 11 is 0. The molecule has 4 aromatic rings. The third kappa shape index (κ3) is 2.36. The number of nitrogens with zero attached hydrogens (tertiary/aromatic N) is 1. The number of aromatic amines is 1. The second-order valence-corrected chi connectivity index (χ2v) is 8.12. The molecule has 2 aliphatic heterocycles. The van der Waals surface area contributed by atoms with E-state index in [1.54, 1.807) is 14.2 Å². The molecule has 0 unspecified atom stereocenters. The lowest BCUT2D eigenvalue weighted by molar-refractivity contribution is 0.0721. The molecule has 0 radical (unpaired) electrons. The van der Waals surface area contributed by atoms with Crippen LogP contribution in [-0.2, 0) is 0 Å². The van der Waals surface area contributed by atoms with Crippen molar-refractivity contribution in [1.82, 2.24) is 9.88 Å². The van der Waals surface area contributed by atoms with E-state index in [0.29, 0.717) is 23.6 Å². The normalized spacial score (nSPS) is 19.3. The number of hydrogen-bond acceptors (Lipinski definition) is 4. The Morgan fingerprint density at radius 2 is 1.90 bits per heavy atom. The maximum atomic E-state index is 13.6. The van der Waals surface area contributed by atoms with Crippen molar-refractivity contribution in [1.29, 1.82) is 0 Å². The first-order valence-electron chi connectivity index (χ1n) is 10.3. The van der Waals surface area contributed by atoms with E-state index in [0.717, 1.165) is 33.7 Å². The molecule has 1 amide bonds. The molecule has 2 aromatic heterocycles. The second kappa shape index (κ2) is 6.41. The third-order valence-corrected chi connectivity index (χ3v) is 6.54. The summed E-state index contributed by atoms with van der Waals surface area (Å²) in [6, 6.07) is 15.9. The standard InChI is InChI=1S/C25H22N2O4/c1-13-8-10-18(31-13)16-12-27-23(22-20(16)14-6-4-5-7-17(14)26-22)15-9-11-19(29-2)24(30-3)21(15)25(27)28/h4-11,16,23,26H,12H2,1-3H3/t16-,23-/m0/s1. The van der Waals surface area contributed by atoms with Gasteiger partial charge in [0.1, 0.15) is 11.5 Å². The number of para-hydroxylation sites is 1. The summed E-state index contributed by atoms with van der Waals surface area (Å²) in [6.45, 7) is 2.48. The third-order valence-electron chi connectivity index (χ3n) is 6.54. The fourth-order valence-corrected chi connectivity index (χ4v) is 5.26. The molecule has 6 nitrogen and oxygen atoms in total. The van der Waals surface area contributed by atoms with Crippen LogP contribution in [-0.4, -0.2) is 36.6 Å². The molecule has 6 heteroatoms. The molecule has 1 N–H and O–H groups in total. The van der Waals surface area contributed by atoms with Gasteiger partial charge in [-0.2, -0.15) is 0 Å². The van der Waals surface area contributed by atoms with E-state index in [-0.39, 0.29) is 17.9 Å². The van der Waals surface area contributed by atoms with Gasteiger partial charge in [0.25, 0.3) is 5.91 Å². The van der Waals surface area contributed by atoms with Gasteiger partial charge in [0.05, 0.1) is 31.7 Å². The number of hydrogen-bond donors (Lipinski definition) is 1. The molecule has 156 valence electrons. The fraction of sp³-hybridized carbons (Fsp3) is 0.240. The average Bonchev–Trinajstić information content (AvgIpc) is 3.47. The second-order valence-electron chi connectivity index (χ2n) is 8.12. The number of methoxy groups -OCH3 is 2. The number of carbonyl (C=O) groups excluding carboxylic acids is 1. The van der Waals surface area contributed by atoms with Gasteiger partial charge in [-0.3, -0.25) is 4.79 Å². The van der Waals surface area contributed by atoms with Gasteiger partial charge in [0.15, 0.2) is 11.5 Å². The number of amides is 1. The summed E-state index contributed by atoms with van der Waals surface area (Å²) in [4.78, 5) is 19.2. The van der Waals surface area contributed by atoms with E-state index >= 15 is 0 Å². The maximum Gasteiger partial charge on any atom is 0.259 e. The van der Waals surface area contributed by atoms with Gasteiger partial charge < -0.3 is 23.8 Å². The largest absolute Gasteiger partial charge is 0.493 e. The Morgan fingerprint density at radius 3 is 2.65 bits per heavy atom. The summed E-state index contributed by atoms with van der Waals surface area (Å²) < 4.78 is 17.1. The van der Waals surface area contributed by atoms with E-state index in [1.165, 1.54) is 5.56 Å². The number of furan rings is 1. The minimum absolute atomic E-state index is 0.0478. The van der Waals surface area contributed by atoms with E-state index in [9.17, 15) is 4.79 Å². The Bertz CT molecular complexity index is 1350. The predicted octanol–water partition coefficient (Wildman–Crippen LogP) is 4.78. The Labute approximate surface area is 179 Å². The lowest BCUT2D eigenvalue weighted by atomic mass is 9.85. The predicted molar refractivity (Wildman–Crippen MR) is 116 cm³/mol. The van der Waals surface area contributed by atoms with Crippen molar-refractivity contribution in [3.8, 4) is 11.5 Å². The highest BCUT2D eigenvalue weighted by Gasteiger charge is 2.48. The van der Waals surface area contributed by atoms with Crippen molar-refractivity contribution in [3.05, 3.63) is 82.4 Å². The lowest BCUT2D eigenvalue weighted by Gasteiger charge is -2.35. The van der Waals surface area contributed by atoms with Gasteiger partial charge in [0, 0.05) is 23.1 Å². The molecular weight excluding hydrogens is 392 g/mol. The zero-order chi connectivity index (χ0) is 21.3. The Hall–Kier alpha value is -3.67. The van der Waals surface area contributed by atoms with Gasteiger partial charge in [0.2, 0.25) is 0 Å². The number of H-pyrrole nitrogens is 1. The first-order chi connectivity index (χ1) is 15.1. The Balaban J connectivity index is 1.63. The topological polar surface area (TPSA) is 67.7 Å². The summed E-state index contributed by atoms with van der Waals surface area (Å²) in [6.07, 6.45) is 0. The van der Waals surface area contributed by atoms with Gasteiger partial charge in [-0.25, -0.2) is 0 Å². The number of nitrogens with one attached hydrogen (secondary N) is 1.